The molecule has 0 spiro atoms. The molecule has 0 fully saturated rings. The third-order valence-corrected chi connectivity index (χ3v) is 4.12. The first-order valence-electron chi connectivity index (χ1n) is 7.31. The van der Waals surface area contributed by atoms with E-state index in [1.54, 1.807) is 0 Å². The van der Waals surface area contributed by atoms with E-state index in [2.05, 4.69) is 34.0 Å². The molecule has 1 N–H and O–H groups in total. The number of aromatic nitrogens is 1. The number of carbonyl (C=O) groups excluding carboxylic acids is 1. The SMILES string of the molecule is Cc1cc(C(=O)CN2CCN(C)c3ccccc32)c(C)[nH]1. The molecular formula is C17H21N3O. The molecule has 4 heteroatoms. The van der Waals surface area contributed by atoms with Gasteiger partial charge in [-0.25, -0.2) is 0 Å². The summed E-state index contributed by atoms with van der Waals surface area (Å²) in [7, 11) is 2.09. The van der Waals surface area contributed by atoms with Crippen LogP contribution in [-0.4, -0.2) is 37.4 Å². The van der Waals surface area contributed by atoms with Crippen molar-refractivity contribution in [1.82, 2.24) is 4.98 Å². The number of aryl methyl sites for hydroxylation is 2. The van der Waals surface area contributed by atoms with E-state index in [9.17, 15) is 4.79 Å². The Bertz CT molecular complexity index is 674. The van der Waals surface area contributed by atoms with Crippen LogP contribution in [0.1, 0.15) is 21.7 Å². The van der Waals surface area contributed by atoms with E-state index in [1.165, 1.54) is 5.69 Å². The molecule has 4 nitrogen and oxygen atoms in total. The van der Waals surface area contributed by atoms with Gasteiger partial charge in [-0.05, 0) is 32.0 Å². The van der Waals surface area contributed by atoms with Crippen LogP contribution in [0.15, 0.2) is 30.3 Å². The van der Waals surface area contributed by atoms with Gasteiger partial charge in [0.15, 0.2) is 5.78 Å². The molecule has 0 amide bonds. The van der Waals surface area contributed by atoms with E-state index in [1.807, 2.05) is 32.0 Å². The summed E-state index contributed by atoms with van der Waals surface area (Å²) in [6, 6.07) is 10.2. The van der Waals surface area contributed by atoms with Crippen LogP contribution < -0.4 is 9.80 Å². The predicted octanol–water partition coefficient (Wildman–Crippen LogP) is 2.77. The molecule has 2 heterocycles. The third kappa shape index (κ3) is 2.53. The summed E-state index contributed by atoms with van der Waals surface area (Å²) in [6.45, 7) is 6.19. The number of nitrogens with one attached hydrogen (secondary N) is 1. The second kappa shape index (κ2) is 5.28. The monoisotopic (exact) mass is 283 g/mol. The summed E-state index contributed by atoms with van der Waals surface area (Å²) in [5.74, 6) is 0.177. The lowest BCUT2D eigenvalue weighted by Crippen LogP contribution is -2.41. The summed E-state index contributed by atoms with van der Waals surface area (Å²) >= 11 is 0. The zero-order valence-electron chi connectivity index (χ0n) is 12.8. The standard InChI is InChI=1S/C17H21N3O/c1-12-10-14(13(2)18-12)17(21)11-20-9-8-19(3)15-6-4-5-7-16(15)20/h4-7,10,18H,8-9,11H2,1-3H3. The van der Waals surface area contributed by atoms with Crippen LogP contribution in [0, 0.1) is 13.8 Å². The molecule has 0 unspecified atom stereocenters. The molecule has 1 aliphatic rings. The van der Waals surface area contributed by atoms with E-state index in [0.717, 1.165) is 35.7 Å². The van der Waals surface area contributed by atoms with Crippen molar-refractivity contribution >= 4 is 17.2 Å². The Hall–Kier alpha value is -2.23. The number of fused-ring (bicyclic) bond motifs is 1. The molecule has 21 heavy (non-hydrogen) atoms. The Labute approximate surface area is 125 Å². The molecule has 0 saturated carbocycles. The van der Waals surface area contributed by atoms with Crippen molar-refractivity contribution in [2.45, 2.75) is 13.8 Å². The molecule has 0 radical (unpaired) electrons. The maximum Gasteiger partial charge on any atom is 0.183 e. The van der Waals surface area contributed by atoms with Crippen LogP contribution in [0.4, 0.5) is 11.4 Å². The maximum absolute atomic E-state index is 12.6. The lowest BCUT2D eigenvalue weighted by Gasteiger charge is -2.36. The highest BCUT2D eigenvalue weighted by molar-refractivity contribution is 6.01. The minimum absolute atomic E-state index is 0.177. The molecule has 3 rings (SSSR count). The van der Waals surface area contributed by atoms with Crippen molar-refractivity contribution in [2.75, 3.05) is 36.5 Å². The fourth-order valence-electron chi connectivity index (χ4n) is 3.00. The molecule has 1 aromatic heterocycles. The minimum atomic E-state index is 0.177. The van der Waals surface area contributed by atoms with Gasteiger partial charge in [0.05, 0.1) is 17.9 Å². The van der Waals surface area contributed by atoms with E-state index in [4.69, 9.17) is 0 Å². The number of Topliss-reactive ketones (excluding diaryl/α,β-unsaturated/α-hetero) is 1. The van der Waals surface area contributed by atoms with Crippen LogP contribution >= 0.6 is 0 Å². The number of nitrogens with zero attached hydrogens (tertiary/aromatic N) is 2. The lowest BCUT2D eigenvalue weighted by atomic mass is 10.1. The van der Waals surface area contributed by atoms with Crippen molar-refractivity contribution in [1.29, 1.82) is 0 Å². The van der Waals surface area contributed by atoms with E-state index in [0.29, 0.717) is 6.54 Å². The highest BCUT2D eigenvalue weighted by atomic mass is 16.1. The van der Waals surface area contributed by atoms with Crippen molar-refractivity contribution in [3.8, 4) is 0 Å². The first kappa shape index (κ1) is 13.7. The second-order valence-corrected chi connectivity index (χ2v) is 5.75. The predicted molar refractivity (Wildman–Crippen MR) is 86.5 cm³/mol. The van der Waals surface area contributed by atoms with Crippen molar-refractivity contribution in [3.63, 3.8) is 0 Å². The zero-order valence-corrected chi connectivity index (χ0v) is 12.8. The van der Waals surface area contributed by atoms with Crippen LogP contribution in [0.2, 0.25) is 0 Å². The van der Waals surface area contributed by atoms with Crippen molar-refractivity contribution in [2.24, 2.45) is 0 Å². The number of benzene rings is 1. The second-order valence-electron chi connectivity index (χ2n) is 5.75. The maximum atomic E-state index is 12.6. The van der Waals surface area contributed by atoms with Gasteiger partial charge >= 0.3 is 0 Å². The smallest absolute Gasteiger partial charge is 0.183 e. The number of anilines is 2. The Balaban J connectivity index is 1.84. The van der Waals surface area contributed by atoms with E-state index < -0.39 is 0 Å². The largest absolute Gasteiger partial charge is 0.371 e. The molecule has 0 atom stereocenters. The molecule has 1 aliphatic heterocycles. The van der Waals surface area contributed by atoms with Gasteiger partial charge in [0.1, 0.15) is 0 Å². The molecule has 1 aromatic carbocycles. The van der Waals surface area contributed by atoms with E-state index in [-0.39, 0.29) is 5.78 Å². The number of H-pyrrole nitrogens is 1. The summed E-state index contributed by atoms with van der Waals surface area (Å²) in [5, 5.41) is 0. The lowest BCUT2D eigenvalue weighted by molar-refractivity contribution is 0.0998. The molecule has 0 bridgehead atoms. The number of likely N-dealkylation sites (N-methyl/N-ethyl adjacent to an activating group) is 1. The molecule has 110 valence electrons. The van der Waals surface area contributed by atoms with E-state index >= 15 is 0 Å². The Kier molecular flexibility index (Phi) is 3.45. The first-order chi connectivity index (χ1) is 10.1. The summed E-state index contributed by atoms with van der Waals surface area (Å²) in [4.78, 5) is 20.2. The van der Waals surface area contributed by atoms with Crippen LogP contribution in [0.3, 0.4) is 0 Å². The van der Waals surface area contributed by atoms with Gasteiger partial charge < -0.3 is 14.8 Å². The topological polar surface area (TPSA) is 39.3 Å². The summed E-state index contributed by atoms with van der Waals surface area (Å²) in [5.41, 5.74) is 5.14. The Morgan fingerprint density at radius 2 is 1.90 bits per heavy atom. The molecular weight excluding hydrogens is 262 g/mol. The number of carbonyl (C=O) groups is 1. The summed E-state index contributed by atoms with van der Waals surface area (Å²) in [6.07, 6.45) is 0. The zero-order chi connectivity index (χ0) is 15.0. The Morgan fingerprint density at radius 1 is 1.19 bits per heavy atom. The van der Waals surface area contributed by atoms with Gasteiger partial charge in [0, 0.05) is 37.1 Å². The van der Waals surface area contributed by atoms with Crippen molar-refractivity contribution < 1.29 is 4.79 Å². The number of hydrogen-bond donors (Lipinski definition) is 1. The fourth-order valence-corrected chi connectivity index (χ4v) is 3.00. The first-order valence-corrected chi connectivity index (χ1v) is 7.31. The summed E-state index contributed by atoms with van der Waals surface area (Å²) < 4.78 is 0. The van der Waals surface area contributed by atoms with Crippen molar-refractivity contribution in [3.05, 3.63) is 47.3 Å². The number of hydrogen-bond acceptors (Lipinski definition) is 3. The van der Waals surface area contributed by atoms with Crippen LogP contribution in [0.25, 0.3) is 0 Å². The normalized spacial score (nSPS) is 14.2. The Morgan fingerprint density at radius 3 is 2.57 bits per heavy atom. The number of para-hydroxylation sites is 2. The van der Waals surface area contributed by atoms with Gasteiger partial charge in [0.2, 0.25) is 0 Å². The van der Waals surface area contributed by atoms with Gasteiger partial charge in [-0.1, -0.05) is 12.1 Å². The molecule has 0 aliphatic carbocycles. The van der Waals surface area contributed by atoms with Gasteiger partial charge in [-0.3, -0.25) is 4.79 Å². The molecule has 0 saturated heterocycles. The highest BCUT2D eigenvalue weighted by Gasteiger charge is 2.23. The fraction of sp³-hybridized carbons (Fsp3) is 0.353. The number of rotatable bonds is 3. The third-order valence-electron chi connectivity index (χ3n) is 4.12. The van der Waals surface area contributed by atoms with Gasteiger partial charge in [-0.15, -0.1) is 0 Å². The number of ketones is 1. The number of aromatic amines is 1. The van der Waals surface area contributed by atoms with Gasteiger partial charge in [-0.2, -0.15) is 0 Å². The quantitative estimate of drug-likeness (QED) is 0.880. The minimum Gasteiger partial charge on any atom is -0.371 e. The average Bonchev–Trinajstić information content (AvgIpc) is 2.81. The average molecular weight is 283 g/mol. The van der Waals surface area contributed by atoms with Crippen LogP contribution in [-0.2, 0) is 0 Å². The van der Waals surface area contributed by atoms with Gasteiger partial charge in [0.25, 0.3) is 0 Å². The molecule has 2 aromatic rings. The van der Waals surface area contributed by atoms with Crippen LogP contribution in [0.5, 0.6) is 0 Å². The highest BCUT2D eigenvalue weighted by Crippen LogP contribution is 2.31.